The number of hydrogen-bond donors (Lipinski definition) is 1. The molecule has 18 heavy (non-hydrogen) atoms. The van der Waals surface area contributed by atoms with Crippen molar-refractivity contribution in [3.8, 4) is 5.75 Å². The molecule has 0 radical (unpaired) electrons. The molecule has 0 spiro atoms. The summed E-state index contributed by atoms with van der Waals surface area (Å²) in [5.74, 6) is 0.0600. The maximum Gasteiger partial charge on any atom is 0.301 e. The first kappa shape index (κ1) is 11.0. The Kier molecular flexibility index (Phi) is 2.64. The van der Waals surface area contributed by atoms with Gasteiger partial charge in [-0.2, -0.15) is 4.98 Å². The summed E-state index contributed by atoms with van der Waals surface area (Å²) >= 11 is 0. The Labute approximate surface area is 102 Å². The summed E-state index contributed by atoms with van der Waals surface area (Å²) in [6.45, 7) is 2.45. The van der Waals surface area contributed by atoms with Gasteiger partial charge < -0.3 is 19.2 Å². The number of rotatable bonds is 1. The first-order valence-electron chi connectivity index (χ1n) is 5.70. The fourth-order valence-corrected chi connectivity index (χ4v) is 1.93. The normalized spacial score (nSPS) is 16.1. The highest BCUT2D eigenvalue weighted by Gasteiger charge is 2.16. The minimum atomic E-state index is -0.349. The Morgan fingerprint density at radius 2 is 2.06 bits per heavy atom. The van der Waals surface area contributed by atoms with Gasteiger partial charge in [-0.3, -0.25) is 4.79 Å². The third-order valence-electron chi connectivity index (χ3n) is 2.88. The monoisotopic (exact) mass is 248 g/mol. The molecule has 0 unspecified atom stereocenters. The Morgan fingerprint density at radius 3 is 2.83 bits per heavy atom. The van der Waals surface area contributed by atoms with Crippen LogP contribution in [0.2, 0.25) is 0 Å². The van der Waals surface area contributed by atoms with Crippen LogP contribution in [-0.2, 0) is 4.74 Å². The van der Waals surface area contributed by atoms with E-state index in [9.17, 15) is 9.90 Å². The second-order valence-electron chi connectivity index (χ2n) is 4.08. The van der Waals surface area contributed by atoms with Crippen molar-refractivity contribution in [3.05, 3.63) is 28.6 Å². The van der Waals surface area contributed by atoms with Crippen molar-refractivity contribution in [1.29, 1.82) is 0 Å². The van der Waals surface area contributed by atoms with Crippen LogP contribution in [0.1, 0.15) is 0 Å². The van der Waals surface area contributed by atoms with Crippen molar-refractivity contribution in [3.63, 3.8) is 0 Å². The van der Waals surface area contributed by atoms with Gasteiger partial charge in [-0.1, -0.05) is 0 Å². The lowest BCUT2D eigenvalue weighted by molar-refractivity contribution is 0.120. The second-order valence-corrected chi connectivity index (χ2v) is 4.08. The molecule has 1 aromatic heterocycles. The number of phenolic OH excluding ortho intramolecular Hbond substituents is 1. The Hall–Kier alpha value is -2.08. The van der Waals surface area contributed by atoms with Crippen LogP contribution in [-0.4, -0.2) is 36.4 Å². The number of nitrogens with zero attached hydrogens (tertiary/aromatic N) is 2. The van der Waals surface area contributed by atoms with Crippen molar-refractivity contribution in [2.75, 3.05) is 31.2 Å². The molecule has 1 aliphatic rings. The summed E-state index contributed by atoms with van der Waals surface area (Å²) in [6.07, 6.45) is 0. The highest BCUT2D eigenvalue weighted by atomic mass is 16.5. The fraction of sp³-hybridized carbons (Fsp3) is 0.333. The summed E-state index contributed by atoms with van der Waals surface area (Å²) < 4.78 is 10.8. The molecule has 3 rings (SSSR count). The van der Waals surface area contributed by atoms with Crippen molar-refractivity contribution < 1.29 is 14.3 Å². The molecule has 2 heterocycles. The largest absolute Gasteiger partial charge is 0.508 e. The van der Waals surface area contributed by atoms with Crippen LogP contribution >= 0.6 is 0 Å². The van der Waals surface area contributed by atoms with Gasteiger partial charge in [0.1, 0.15) is 11.3 Å². The maximum atomic E-state index is 11.8. The Balaban J connectivity index is 2.10. The van der Waals surface area contributed by atoms with E-state index in [1.54, 1.807) is 0 Å². The molecule has 94 valence electrons. The highest BCUT2D eigenvalue weighted by molar-refractivity contribution is 5.77. The molecular weight excluding hydrogens is 236 g/mol. The van der Waals surface area contributed by atoms with Crippen molar-refractivity contribution in [2.24, 2.45) is 0 Å². The first-order chi connectivity index (χ1) is 8.74. The fourth-order valence-electron chi connectivity index (χ4n) is 1.93. The summed E-state index contributed by atoms with van der Waals surface area (Å²) in [5, 5.41) is 9.77. The number of phenols is 1. The Morgan fingerprint density at radius 1 is 1.28 bits per heavy atom. The van der Waals surface area contributed by atoms with Crippen molar-refractivity contribution in [2.45, 2.75) is 0 Å². The molecule has 0 atom stereocenters. The van der Waals surface area contributed by atoms with E-state index >= 15 is 0 Å². The van der Waals surface area contributed by atoms with E-state index in [1.807, 2.05) is 4.90 Å². The van der Waals surface area contributed by atoms with Gasteiger partial charge in [-0.25, -0.2) is 0 Å². The van der Waals surface area contributed by atoms with Crippen molar-refractivity contribution >= 4 is 17.0 Å². The number of anilines is 1. The molecule has 1 aliphatic heterocycles. The zero-order chi connectivity index (χ0) is 12.5. The number of aromatic nitrogens is 1. The molecule has 1 aromatic carbocycles. The lowest BCUT2D eigenvalue weighted by atomic mass is 10.2. The lowest BCUT2D eigenvalue weighted by Gasteiger charge is -2.25. The van der Waals surface area contributed by atoms with Gasteiger partial charge in [-0.15, -0.1) is 0 Å². The van der Waals surface area contributed by atoms with E-state index in [-0.39, 0.29) is 17.3 Å². The quantitative estimate of drug-likeness (QED) is 0.801. The van der Waals surface area contributed by atoms with E-state index in [2.05, 4.69) is 4.98 Å². The molecule has 0 saturated carbocycles. The van der Waals surface area contributed by atoms with E-state index in [0.29, 0.717) is 37.3 Å². The van der Waals surface area contributed by atoms with Crippen LogP contribution in [0.5, 0.6) is 5.75 Å². The van der Waals surface area contributed by atoms with Crippen LogP contribution in [0, 0.1) is 0 Å². The van der Waals surface area contributed by atoms with Gasteiger partial charge in [0.15, 0.2) is 0 Å². The lowest BCUT2D eigenvalue weighted by Crippen LogP contribution is -2.37. The minimum Gasteiger partial charge on any atom is -0.508 e. The Bertz CT molecular complexity index is 632. The molecule has 1 saturated heterocycles. The van der Waals surface area contributed by atoms with E-state index in [1.165, 1.54) is 18.2 Å². The third kappa shape index (κ3) is 1.91. The van der Waals surface area contributed by atoms with E-state index < -0.39 is 0 Å². The second kappa shape index (κ2) is 4.30. The van der Waals surface area contributed by atoms with Gasteiger partial charge in [0.05, 0.1) is 18.6 Å². The standard InChI is InChI=1S/C12H12N2O4/c15-8-1-2-9-10(7-8)18-12(13-11(9)16)14-3-5-17-6-4-14/h1-2,7,15H,3-6H2. The van der Waals surface area contributed by atoms with Gasteiger partial charge in [0.2, 0.25) is 0 Å². The average molecular weight is 248 g/mol. The van der Waals surface area contributed by atoms with Gasteiger partial charge >= 0.3 is 6.01 Å². The van der Waals surface area contributed by atoms with Crippen LogP contribution in [0.25, 0.3) is 11.0 Å². The SMILES string of the molecule is O=c1nc(N2CCOCC2)oc2cc(O)ccc12. The molecule has 6 heteroatoms. The maximum absolute atomic E-state index is 11.8. The van der Waals surface area contributed by atoms with Gasteiger partial charge in [0.25, 0.3) is 5.56 Å². The number of ether oxygens (including phenoxy) is 1. The van der Waals surface area contributed by atoms with Crippen molar-refractivity contribution in [1.82, 2.24) is 4.98 Å². The predicted octanol–water partition coefficient (Wildman–Crippen LogP) is 0.730. The number of benzene rings is 1. The minimum absolute atomic E-state index is 0.0600. The predicted molar refractivity (Wildman–Crippen MR) is 65.0 cm³/mol. The molecule has 2 aromatic rings. The summed E-state index contributed by atoms with van der Waals surface area (Å²) in [4.78, 5) is 17.6. The highest BCUT2D eigenvalue weighted by Crippen LogP contribution is 2.21. The molecule has 0 bridgehead atoms. The van der Waals surface area contributed by atoms with Crippen LogP contribution < -0.4 is 10.5 Å². The number of fused-ring (bicyclic) bond motifs is 1. The molecule has 0 amide bonds. The number of aromatic hydroxyl groups is 1. The zero-order valence-electron chi connectivity index (χ0n) is 9.63. The summed E-state index contributed by atoms with van der Waals surface area (Å²) in [6, 6.07) is 4.64. The first-order valence-corrected chi connectivity index (χ1v) is 5.70. The van der Waals surface area contributed by atoms with Crippen LogP contribution in [0.15, 0.2) is 27.4 Å². The zero-order valence-corrected chi connectivity index (χ0v) is 9.63. The molecule has 0 aliphatic carbocycles. The van der Waals surface area contributed by atoms with Crippen LogP contribution in [0.4, 0.5) is 6.01 Å². The van der Waals surface area contributed by atoms with E-state index in [0.717, 1.165) is 0 Å². The topological polar surface area (TPSA) is 75.8 Å². The van der Waals surface area contributed by atoms with Gasteiger partial charge in [0, 0.05) is 19.2 Å². The number of hydrogen-bond acceptors (Lipinski definition) is 6. The summed E-state index contributed by atoms with van der Waals surface area (Å²) in [5.41, 5.74) is -0.00534. The van der Waals surface area contributed by atoms with Gasteiger partial charge in [-0.05, 0) is 12.1 Å². The number of morpholine rings is 1. The van der Waals surface area contributed by atoms with E-state index in [4.69, 9.17) is 9.15 Å². The average Bonchev–Trinajstić information content (AvgIpc) is 2.39. The van der Waals surface area contributed by atoms with Crippen LogP contribution in [0.3, 0.4) is 0 Å². The third-order valence-corrected chi connectivity index (χ3v) is 2.88. The molecule has 6 nitrogen and oxygen atoms in total. The smallest absolute Gasteiger partial charge is 0.301 e. The molecule has 1 N–H and O–H groups in total. The molecular formula is C12H12N2O4. The molecule has 1 fully saturated rings. The summed E-state index contributed by atoms with van der Waals surface area (Å²) in [7, 11) is 0.